The molecule has 0 aromatic heterocycles. The van der Waals surface area contributed by atoms with Gasteiger partial charge in [-0.3, -0.25) is 0 Å². The van der Waals surface area contributed by atoms with Crippen LogP contribution >= 0.6 is 0 Å². The van der Waals surface area contributed by atoms with Gasteiger partial charge in [0.15, 0.2) is 0 Å². The van der Waals surface area contributed by atoms with Gasteiger partial charge in [0.1, 0.15) is 0 Å². The quantitative estimate of drug-likeness (QED) is 0.547. The van der Waals surface area contributed by atoms with Crippen molar-refractivity contribution in [3.05, 3.63) is 23.9 Å². The van der Waals surface area contributed by atoms with Crippen LogP contribution < -0.4 is 5.32 Å². The van der Waals surface area contributed by atoms with Gasteiger partial charge in [0.05, 0.1) is 6.04 Å². The zero-order chi connectivity index (χ0) is 7.68. The highest BCUT2D eigenvalue weighted by molar-refractivity contribution is 5.24. The van der Waals surface area contributed by atoms with Crippen molar-refractivity contribution in [3.8, 4) is 0 Å². The molecule has 0 aromatic carbocycles. The van der Waals surface area contributed by atoms with E-state index in [-0.39, 0.29) is 0 Å². The zero-order valence-corrected chi connectivity index (χ0v) is 6.88. The summed E-state index contributed by atoms with van der Waals surface area (Å²) < 4.78 is 0. The molecular weight excluding hydrogens is 136 g/mol. The predicted octanol–water partition coefficient (Wildman–Crippen LogP) is 0.734. The average molecular weight is 150 g/mol. The number of piperazine rings is 1. The van der Waals surface area contributed by atoms with Crippen LogP contribution in [-0.2, 0) is 0 Å². The summed E-state index contributed by atoms with van der Waals surface area (Å²) in [6.07, 6.45) is 7.73. The van der Waals surface area contributed by atoms with E-state index in [1.807, 2.05) is 0 Å². The fourth-order valence-electron chi connectivity index (χ4n) is 1.73. The molecule has 1 unspecified atom stereocenters. The van der Waals surface area contributed by atoms with Gasteiger partial charge in [-0.25, -0.2) is 0 Å². The molecular formula is C9H14N2. The number of nitrogens with zero attached hydrogens (tertiary/aromatic N) is 1. The summed E-state index contributed by atoms with van der Waals surface area (Å²) in [5.74, 6) is 0. The Kier molecular flexibility index (Phi) is 1.70. The molecule has 1 atom stereocenters. The summed E-state index contributed by atoms with van der Waals surface area (Å²) in [5.41, 5.74) is 1.44. The van der Waals surface area contributed by atoms with Crippen LogP contribution in [0.3, 0.4) is 0 Å². The minimum absolute atomic E-state index is 0.582. The van der Waals surface area contributed by atoms with Crippen molar-refractivity contribution in [2.45, 2.75) is 12.5 Å². The number of nitrogens with one attached hydrogen (secondary N) is 1. The Bertz CT molecular complexity index is 206. The molecule has 2 heteroatoms. The third-order valence-electron chi connectivity index (χ3n) is 2.41. The van der Waals surface area contributed by atoms with Gasteiger partial charge in [-0.1, -0.05) is 12.2 Å². The SMILES string of the molecule is CN1CCNC2CC=CC=C21. The van der Waals surface area contributed by atoms with Gasteiger partial charge in [0, 0.05) is 25.8 Å². The fraction of sp³-hybridized carbons (Fsp3) is 0.556. The van der Waals surface area contributed by atoms with E-state index in [1.54, 1.807) is 0 Å². The van der Waals surface area contributed by atoms with E-state index in [1.165, 1.54) is 5.70 Å². The second kappa shape index (κ2) is 2.70. The number of likely N-dealkylation sites (N-methyl/N-ethyl adjacent to an activating group) is 1. The molecule has 0 radical (unpaired) electrons. The van der Waals surface area contributed by atoms with Crippen LogP contribution in [0.5, 0.6) is 0 Å². The average Bonchev–Trinajstić information content (AvgIpc) is 2.06. The summed E-state index contributed by atoms with van der Waals surface area (Å²) in [6.45, 7) is 2.25. The highest BCUT2D eigenvalue weighted by atomic mass is 15.2. The highest BCUT2D eigenvalue weighted by Crippen LogP contribution is 2.18. The molecule has 0 aromatic rings. The molecule has 1 N–H and O–H groups in total. The maximum Gasteiger partial charge on any atom is 0.0507 e. The highest BCUT2D eigenvalue weighted by Gasteiger charge is 2.21. The van der Waals surface area contributed by atoms with Crippen LogP contribution in [0.15, 0.2) is 23.9 Å². The molecule has 2 nitrogen and oxygen atoms in total. The molecule has 0 bridgehead atoms. The van der Waals surface area contributed by atoms with Gasteiger partial charge in [-0.15, -0.1) is 0 Å². The molecule has 2 aliphatic rings. The predicted molar refractivity (Wildman–Crippen MR) is 46.3 cm³/mol. The van der Waals surface area contributed by atoms with Crippen molar-refractivity contribution >= 4 is 0 Å². The Morgan fingerprint density at radius 2 is 2.55 bits per heavy atom. The van der Waals surface area contributed by atoms with E-state index in [4.69, 9.17) is 0 Å². The number of hydrogen-bond acceptors (Lipinski definition) is 2. The van der Waals surface area contributed by atoms with Crippen LogP contribution in [0.25, 0.3) is 0 Å². The van der Waals surface area contributed by atoms with Crippen LogP contribution in [0, 0.1) is 0 Å². The molecule has 2 rings (SSSR count). The lowest BCUT2D eigenvalue weighted by atomic mass is 10.0. The van der Waals surface area contributed by atoms with Crippen molar-refractivity contribution in [1.29, 1.82) is 0 Å². The maximum atomic E-state index is 3.49. The summed E-state index contributed by atoms with van der Waals surface area (Å²) in [4.78, 5) is 2.34. The third kappa shape index (κ3) is 1.18. The molecule has 1 saturated heterocycles. The first-order chi connectivity index (χ1) is 5.38. The Morgan fingerprint density at radius 3 is 3.36 bits per heavy atom. The Morgan fingerprint density at radius 1 is 1.64 bits per heavy atom. The van der Waals surface area contributed by atoms with Crippen LogP contribution in [-0.4, -0.2) is 31.1 Å². The summed E-state index contributed by atoms with van der Waals surface area (Å²) in [6, 6.07) is 0.582. The monoisotopic (exact) mass is 150 g/mol. The first-order valence-electron chi connectivity index (χ1n) is 4.19. The lowest BCUT2D eigenvalue weighted by Gasteiger charge is -2.36. The van der Waals surface area contributed by atoms with Crippen LogP contribution in [0.2, 0.25) is 0 Å². The molecule has 11 heavy (non-hydrogen) atoms. The third-order valence-corrected chi connectivity index (χ3v) is 2.41. The Balaban J connectivity index is 2.20. The topological polar surface area (TPSA) is 15.3 Å². The van der Waals surface area contributed by atoms with E-state index < -0.39 is 0 Å². The second-order valence-corrected chi connectivity index (χ2v) is 3.18. The molecule has 0 saturated carbocycles. The summed E-state index contributed by atoms with van der Waals surface area (Å²) in [7, 11) is 2.17. The fourth-order valence-corrected chi connectivity index (χ4v) is 1.73. The number of hydrogen-bond donors (Lipinski definition) is 1. The maximum absolute atomic E-state index is 3.49. The summed E-state index contributed by atoms with van der Waals surface area (Å²) >= 11 is 0. The van der Waals surface area contributed by atoms with E-state index in [0.717, 1.165) is 19.5 Å². The smallest absolute Gasteiger partial charge is 0.0507 e. The van der Waals surface area contributed by atoms with Crippen molar-refractivity contribution < 1.29 is 0 Å². The first kappa shape index (κ1) is 6.92. The standard InChI is InChI=1S/C9H14N2/c1-11-7-6-10-8-4-2-3-5-9(8)11/h2-3,5,8,10H,4,6-7H2,1H3. The van der Waals surface area contributed by atoms with Crippen LogP contribution in [0.1, 0.15) is 6.42 Å². The van der Waals surface area contributed by atoms with Crippen molar-refractivity contribution in [1.82, 2.24) is 10.2 Å². The van der Waals surface area contributed by atoms with Gasteiger partial charge in [-0.05, 0) is 12.5 Å². The van der Waals surface area contributed by atoms with Gasteiger partial charge >= 0.3 is 0 Å². The van der Waals surface area contributed by atoms with E-state index >= 15 is 0 Å². The molecule has 60 valence electrons. The van der Waals surface area contributed by atoms with Crippen LogP contribution in [0.4, 0.5) is 0 Å². The minimum Gasteiger partial charge on any atom is -0.375 e. The van der Waals surface area contributed by atoms with E-state index in [2.05, 4.69) is 35.5 Å². The normalized spacial score (nSPS) is 29.7. The molecule has 1 fully saturated rings. The molecule has 0 spiro atoms. The number of fused-ring (bicyclic) bond motifs is 1. The van der Waals surface area contributed by atoms with Crippen molar-refractivity contribution in [3.63, 3.8) is 0 Å². The van der Waals surface area contributed by atoms with E-state index in [0.29, 0.717) is 6.04 Å². The molecule has 0 amide bonds. The van der Waals surface area contributed by atoms with Crippen molar-refractivity contribution in [2.75, 3.05) is 20.1 Å². The molecule has 1 aliphatic heterocycles. The molecule has 1 heterocycles. The second-order valence-electron chi connectivity index (χ2n) is 3.18. The van der Waals surface area contributed by atoms with Gasteiger partial charge in [0.25, 0.3) is 0 Å². The Hall–Kier alpha value is -0.760. The lowest BCUT2D eigenvalue weighted by Crippen LogP contribution is -2.47. The molecule has 1 aliphatic carbocycles. The number of allylic oxidation sites excluding steroid dienone is 2. The first-order valence-corrected chi connectivity index (χ1v) is 4.19. The lowest BCUT2D eigenvalue weighted by molar-refractivity contribution is 0.306. The van der Waals surface area contributed by atoms with Gasteiger partial charge < -0.3 is 10.2 Å². The van der Waals surface area contributed by atoms with Crippen molar-refractivity contribution in [2.24, 2.45) is 0 Å². The number of rotatable bonds is 0. The summed E-state index contributed by atoms with van der Waals surface area (Å²) in [5, 5.41) is 3.49. The largest absolute Gasteiger partial charge is 0.375 e. The zero-order valence-electron chi connectivity index (χ0n) is 6.88. The van der Waals surface area contributed by atoms with Gasteiger partial charge in [0.2, 0.25) is 0 Å². The Labute approximate surface area is 67.6 Å². The van der Waals surface area contributed by atoms with Gasteiger partial charge in [-0.2, -0.15) is 0 Å². The minimum atomic E-state index is 0.582. The van der Waals surface area contributed by atoms with E-state index in [9.17, 15) is 0 Å².